The summed E-state index contributed by atoms with van der Waals surface area (Å²) in [6, 6.07) is 9.77. The van der Waals surface area contributed by atoms with Crippen molar-refractivity contribution in [2.45, 2.75) is 31.4 Å². The van der Waals surface area contributed by atoms with Crippen molar-refractivity contribution in [2.75, 3.05) is 39.4 Å². The molecule has 6 heteroatoms. The Morgan fingerprint density at radius 2 is 1.80 bits per heavy atom. The van der Waals surface area contributed by atoms with Gasteiger partial charge in [0.15, 0.2) is 0 Å². The van der Waals surface area contributed by atoms with Crippen LogP contribution in [0.15, 0.2) is 30.3 Å². The van der Waals surface area contributed by atoms with Gasteiger partial charge in [-0.05, 0) is 24.8 Å². The molecule has 1 aromatic rings. The highest BCUT2D eigenvalue weighted by atomic mass is 19.1. The first-order valence-corrected chi connectivity index (χ1v) is 8.96. The molecule has 2 aliphatic heterocycles. The van der Waals surface area contributed by atoms with Gasteiger partial charge in [-0.25, -0.2) is 4.39 Å². The van der Waals surface area contributed by atoms with Crippen molar-refractivity contribution in [3.63, 3.8) is 0 Å². The van der Waals surface area contributed by atoms with E-state index in [4.69, 9.17) is 4.74 Å². The third-order valence-electron chi connectivity index (χ3n) is 4.95. The number of piperidine rings is 1. The molecule has 0 bridgehead atoms. The first kappa shape index (κ1) is 17.9. The van der Waals surface area contributed by atoms with Crippen molar-refractivity contribution in [2.24, 2.45) is 0 Å². The topological polar surface area (TPSA) is 49.9 Å². The van der Waals surface area contributed by atoms with E-state index in [9.17, 15) is 9.59 Å². The third-order valence-corrected chi connectivity index (χ3v) is 4.95. The van der Waals surface area contributed by atoms with Gasteiger partial charge < -0.3 is 14.5 Å². The van der Waals surface area contributed by atoms with Gasteiger partial charge in [-0.1, -0.05) is 30.3 Å². The Balaban J connectivity index is 1.57. The molecule has 0 saturated carbocycles. The van der Waals surface area contributed by atoms with E-state index in [-0.39, 0.29) is 18.9 Å². The van der Waals surface area contributed by atoms with E-state index in [2.05, 4.69) is 0 Å². The number of nitrogens with zero attached hydrogens (tertiary/aromatic N) is 2. The maximum atomic E-state index is 15.3. The molecule has 1 aromatic carbocycles. The summed E-state index contributed by atoms with van der Waals surface area (Å²) < 4.78 is 20.5. The SMILES string of the molecule is O=C(CCc1ccccc1)N1CCCC(F)(C(=O)N2CCOCC2)C1. The van der Waals surface area contributed by atoms with Crippen molar-refractivity contribution in [1.82, 2.24) is 9.80 Å². The maximum absolute atomic E-state index is 15.3. The Labute approximate surface area is 147 Å². The van der Waals surface area contributed by atoms with Crippen molar-refractivity contribution in [3.05, 3.63) is 35.9 Å². The zero-order valence-corrected chi connectivity index (χ0v) is 14.5. The zero-order valence-electron chi connectivity index (χ0n) is 14.5. The van der Waals surface area contributed by atoms with Gasteiger partial charge in [0.1, 0.15) is 0 Å². The molecule has 0 aromatic heterocycles. The molecule has 136 valence electrons. The van der Waals surface area contributed by atoms with Crippen molar-refractivity contribution < 1.29 is 18.7 Å². The van der Waals surface area contributed by atoms with Crippen LogP contribution in [-0.2, 0) is 20.7 Å². The molecule has 2 heterocycles. The molecule has 1 unspecified atom stereocenters. The Morgan fingerprint density at radius 1 is 1.08 bits per heavy atom. The molecular formula is C19H25FN2O3. The molecule has 0 aliphatic carbocycles. The van der Waals surface area contributed by atoms with Crippen LogP contribution in [0.3, 0.4) is 0 Å². The number of hydrogen-bond donors (Lipinski definition) is 0. The molecule has 2 amide bonds. The maximum Gasteiger partial charge on any atom is 0.262 e. The number of morpholine rings is 1. The molecule has 1 atom stereocenters. The average Bonchev–Trinajstić information content (AvgIpc) is 2.67. The fourth-order valence-corrected chi connectivity index (χ4v) is 3.50. The predicted molar refractivity (Wildman–Crippen MR) is 91.8 cm³/mol. The molecule has 25 heavy (non-hydrogen) atoms. The van der Waals surface area contributed by atoms with E-state index in [0.29, 0.717) is 52.1 Å². The van der Waals surface area contributed by atoms with Crippen LogP contribution in [0.4, 0.5) is 4.39 Å². The van der Waals surface area contributed by atoms with Gasteiger partial charge >= 0.3 is 0 Å². The number of carbonyl (C=O) groups is 2. The summed E-state index contributed by atoms with van der Waals surface area (Å²) in [6.45, 7) is 2.13. The number of rotatable bonds is 4. The number of alkyl halides is 1. The van der Waals surface area contributed by atoms with Gasteiger partial charge in [-0.15, -0.1) is 0 Å². The van der Waals surface area contributed by atoms with Crippen molar-refractivity contribution >= 4 is 11.8 Å². The van der Waals surface area contributed by atoms with E-state index in [1.807, 2.05) is 30.3 Å². The van der Waals surface area contributed by atoms with Crippen LogP contribution in [-0.4, -0.2) is 66.7 Å². The van der Waals surface area contributed by atoms with Crippen LogP contribution in [0.2, 0.25) is 0 Å². The largest absolute Gasteiger partial charge is 0.378 e. The minimum absolute atomic E-state index is 0.0830. The van der Waals surface area contributed by atoms with Gasteiger partial charge in [-0.3, -0.25) is 9.59 Å². The number of carbonyl (C=O) groups excluding carboxylic acids is 2. The Bertz CT molecular complexity index is 604. The van der Waals surface area contributed by atoms with E-state index in [1.165, 1.54) is 9.80 Å². The Hall–Kier alpha value is -1.95. The first-order valence-electron chi connectivity index (χ1n) is 8.96. The number of aryl methyl sites for hydroxylation is 1. The zero-order chi connectivity index (χ0) is 17.7. The minimum atomic E-state index is -1.96. The summed E-state index contributed by atoms with van der Waals surface area (Å²) >= 11 is 0. The van der Waals surface area contributed by atoms with E-state index in [1.54, 1.807) is 0 Å². The fourth-order valence-electron chi connectivity index (χ4n) is 3.50. The summed E-state index contributed by atoms with van der Waals surface area (Å²) in [7, 11) is 0. The lowest BCUT2D eigenvalue weighted by Gasteiger charge is -2.40. The molecule has 0 radical (unpaired) electrons. The highest BCUT2D eigenvalue weighted by Crippen LogP contribution is 2.28. The number of hydrogen-bond acceptors (Lipinski definition) is 3. The minimum Gasteiger partial charge on any atom is -0.378 e. The number of ether oxygens (including phenoxy) is 1. The Morgan fingerprint density at radius 3 is 2.52 bits per heavy atom. The van der Waals surface area contributed by atoms with E-state index >= 15 is 4.39 Å². The summed E-state index contributed by atoms with van der Waals surface area (Å²) in [5.41, 5.74) is -0.874. The number of halogens is 1. The molecule has 0 N–H and O–H groups in total. The number of benzene rings is 1. The molecule has 0 spiro atoms. The smallest absolute Gasteiger partial charge is 0.262 e. The van der Waals surface area contributed by atoms with E-state index in [0.717, 1.165) is 5.56 Å². The lowest BCUT2D eigenvalue weighted by Crippen LogP contribution is -2.58. The second-order valence-electron chi connectivity index (χ2n) is 6.77. The standard InChI is InChI=1S/C19H25FN2O3/c20-19(18(24)21-11-13-25-14-12-21)9-4-10-22(15-19)17(23)8-7-16-5-2-1-3-6-16/h1-3,5-6H,4,7-15H2. The summed E-state index contributed by atoms with van der Waals surface area (Å²) in [5, 5.41) is 0. The van der Waals surface area contributed by atoms with Gasteiger partial charge in [0.2, 0.25) is 11.6 Å². The fraction of sp³-hybridized carbons (Fsp3) is 0.579. The van der Waals surface area contributed by atoms with Crippen LogP contribution in [0.25, 0.3) is 0 Å². The van der Waals surface area contributed by atoms with Gasteiger partial charge in [0.05, 0.1) is 19.8 Å². The predicted octanol–water partition coefficient (Wildman–Crippen LogP) is 1.81. The molecule has 3 rings (SSSR count). The molecule has 2 saturated heterocycles. The summed E-state index contributed by atoms with van der Waals surface area (Å²) in [4.78, 5) is 28.1. The summed E-state index contributed by atoms with van der Waals surface area (Å²) in [6.07, 6.45) is 1.67. The first-order chi connectivity index (χ1) is 12.1. The average molecular weight is 348 g/mol. The number of amides is 2. The number of likely N-dealkylation sites (tertiary alicyclic amines) is 1. The van der Waals surface area contributed by atoms with Crippen LogP contribution in [0.5, 0.6) is 0 Å². The lowest BCUT2D eigenvalue weighted by atomic mass is 9.92. The van der Waals surface area contributed by atoms with Crippen LogP contribution in [0.1, 0.15) is 24.8 Å². The van der Waals surface area contributed by atoms with Crippen LogP contribution < -0.4 is 0 Å². The second kappa shape index (κ2) is 7.95. The normalized spacial score (nSPS) is 24.2. The lowest BCUT2D eigenvalue weighted by molar-refractivity contribution is -0.154. The van der Waals surface area contributed by atoms with Gasteiger partial charge in [-0.2, -0.15) is 0 Å². The van der Waals surface area contributed by atoms with Gasteiger partial charge in [0, 0.05) is 26.1 Å². The second-order valence-corrected chi connectivity index (χ2v) is 6.77. The van der Waals surface area contributed by atoms with Gasteiger partial charge in [0.25, 0.3) is 5.91 Å². The monoisotopic (exact) mass is 348 g/mol. The van der Waals surface area contributed by atoms with Crippen molar-refractivity contribution in [1.29, 1.82) is 0 Å². The summed E-state index contributed by atoms with van der Waals surface area (Å²) in [5.74, 6) is -0.572. The van der Waals surface area contributed by atoms with Crippen molar-refractivity contribution in [3.8, 4) is 0 Å². The molecule has 2 aliphatic rings. The quantitative estimate of drug-likeness (QED) is 0.834. The van der Waals surface area contributed by atoms with Crippen LogP contribution >= 0.6 is 0 Å². The Kier molecular flexibility index (Phi) is 5.68. The van der Waals surface area contributed by atoms with Crippen LogP contribution in [0, 0.1) is 0 Å². The van der Waals surface area contributed by atoms with E-state index < -0.39 is 11.6 Å². The highest BCUT2D eigenvalue weighted by Gasteiger charge is 2.46. The molecule has 2 fully saturated rings. The molecular weight excluding hydrogens is 323 g/mol. The third kappa shape index (κ3) is 4.37. The molecule has 5 nitrogen and oxygen atoms in total. The highest BCUT2D eigenvalue weighted by molar-refractivity contribution is 5.87.